The maximum Gasteiger partial charge on any atom is 0.124 e. The van der Waals surface area contributed by atoms with Crippen LogP contribution in [0, 0.1) is 5.82 Å². The summed E-state index contributed by atoms with van der Waals surface area (Å²) in [7, 11) is 1.88. The Balaban J connectivity index is 2.64. The predicted octanol–water partition coefficient (Wildman–Crippen LogP) is 4.31. The first-order valence-electron chi connectivity index (χ1n) is 5.21. The Bertz CT molecular complexity index is 564. The highest BCUT2D eigenvalue weighted by atomic mass is 79.9. The first-order valence-corrected chi connectivity index (χ1v) is 6.80. The Morgan fingerprint density at radius 2 is 2.06 bits per heavy atom. The minimum absolute atomic E-state index is 0.255. The van der Waals surface area contributed by atoms with E-state index in [2.05, 4.69) is 43.9 Å². The molecule has 2 rings (SSSR count). The summed E-state index contributed by atoms with van der Waals surface area (Å²) in [5, 5.41) is 4.42. The molecule has 1 aromatic heterocycles. The second-order valence-electron chi connectivity index (χ2n) is 3.71. The quantitative estimate of drug-likeness (QED) is 0.779. The number of aromatic nitrogens is 2. The van der Waals surface area contributed by atoms with Crippen molar-refractivity contribution in [1.82, 2.24) is 9.78 Å². The number of benzene rings is 1. The highest BCUT2D eigenvalue weighted by Gasteiger charge is 2.16. The minimum atomic E-state index is -0.255. The van der Waals surface area contributed by atoms with E-state index >= 15 is 0 Å². The first kappa shape index (κ1) is 12.8. The van der Waals surface area contributed by atoms with Gasteiger partial charge in [0.25, 0.3) is 0 Å². The fourth-order valence-corrected chi connectivity index (χ4v) is 3.12. The predicted molar refractivity (Wildman–Crippen MR) is 73.4 cm³/mol. The van der Waals surface area contributed by atoms with E-state index in [0.717, 1.165) is 32.3 Å². The standard InChI is InChI=1S/C12H11Br2FN2/c1-3-10-11(14)12(17(2)16-10)8-5-4-7(15)6-9(8)13/h4-6H,3H2,1-2H3. The van der Waals surface area contributed by atoms with Crippen LogP contribution in [0.5, 0.6) is 0 Å². The maximum absolute atomic E-state index is 13.1. The Morgan fingerprint density at radius 1 is 1.35 bits per heavy atom. The molecule has 0 aliphatic heterocycles. The van der Waals surface area contributed by atoms with Crippen molar-refractivity contribution >= 4 is 31.9 Å². The zero-order valence-corrected chi connectivity index (χ0v) is 12.6. The van der Waals surface area contributed by atoms with Crippen LogP contribution in [0.2, 0.25) is 0 Å². The zero-order valence-electron chi connectivity index (χ0n) is 9.47. The van der Waals surface area contributed by atoms with Gasteiger partial charge in [0, 0.05) is 17.1 Å². The maximum atomic E-state index is 13.1. The van der Waals surface area contributed by atoms with Crippen LogP contribution in [-0.4, -0.2) is 9.78 Å². The summed E-state index contributed by atoms with van der Waals surface area (Å²) in [6, 6.07) is 4.66. The minimum Gasteiger partial charge on any atom is -0.266 e. The van der Waals surface area contributed by atoms with Crippen molar-refractivity contribution < 1.29 is 4.39 Å². The number of aryl methyl sites for hydroxylation is 2. The van der Waals surface area contributed by atoms with Crippen LogP contribution in [-0.2, 0) is 13.5 Å². The molecule has 1 heterocycles. The van der Waals surface area contributed by atoms with Gasteiger partial charge in [0.2, 0.25) is 0 Å². The second-order valence-corrected chi connectivity index (χ2v) is 5.36. The largest absolute Gasteiger partial charge is 0.266 e. The monoisotopic (exact) mass is 360 g/mol. The van der Waals surface area contributed by atoms with Crippen LogP contribution in [0.4, 0.5) is 4.39 Å². The lowest BCUT2D eigenvalue weighted by atomic mass is 10.1. The third-order valence-corrected chi connectivity index (χ3v) is 4.07. The second kappa shape index (κ2) is 4.90. The van der Waals surface area contributed by atoms with Gasteiger partial charge in [-0.1, -0.05) is 6.92 Å². The number of hydrogen-bond donors (Lipinski definition) is 0. The van der Waals surface area contributed by atoms with E-state index in [1.807, 2.05) is 7.05 Å². The van der Waals surface area contributed by atoms with E-state index in [1.54, 1.807) is 10.7 Å². The molecule has 0 aliphatic carbocycles. The molecular formula is C12H11Br2FN2. The molecule has 0 N–H and O–H groups in total. The molecule has 0 atom stereocenters. The molecule has 0 unspecified atom stereocenters. The number of hydrogen-bond acceptors (Lipinski definition) is 1. The first-order chi connectivity index (χ1) is 8.04. The van der Waals surface area contributed by atoms with Gasteiger partial charge < -0.3 is 0 Å². The molecule has 2 nitrogen and oxygen atoms in total. The summed E-state index contributed by atoms with van der Waals surface area (Å²) in [5.74, 6) is -0.255. The van der Waals surface area contributed by atoms with Gasteiger partial charge in [-0.3, -0.25) is 4.68 Å². The Hall–Kier alpha value is -0.680. The molecule has 90 valence electrons. The van der Waals surface area contributed by atoms with Gasteiger partial charge in [0.05, 0.1) is 15.9 Å². The number of rotatable bonds is 2. The van der Waals surface area contributed by atoms with Crippen molar-refractivity contribution in [1.29, 1.82) is 0 Å². The van der Waals surface area contributed by atoms with Crippen molar-refractivity contribution in [2.75, 3.05) is 0 Å². The molecule has 0 fully saturated rings. The molecule has 5 heteroatoms. The topological polar surface area (TPSA) is 17.8 Å². The lowest BCUT2D eigenvalue weighted by Crippen LogP contribution is -1.95. The summed E-state index contributed by atoms with van der Waals surface area (Å²) in [4.78, 5) is 0. The van der Waals surface area contributed by atoms with E-state index in [1.165, 1.54) is 12.1 Å². The van der Waals surface area contributed by atoms with Crippen molar-refractivity contribution in [3.63, 3.8) is 0 Å². The molecule has 0 bridgehead atoms. The summed E-state index contributed by atoms with van der Waals surface area (Å²) >= 11 is 6.94. The van der Waals surface area contributed by atoms with E-state index in [-0.39, 0.29) is 5.82 Å². The lowest BCUT2D eigenvalue weighted by Gasteiger charge is -2.06. The third-order valence-electron chi connectivity index (χ3n) is 2.58. The average molecular weight is 362 g/mol. The van der Waals surface area contributed by atoms with Crippen molar-refractivity contribution in [3.05, 3.63) is 38.7 Å². The molecular weight excluding hydrogens is 351 g/mol. The van der Waals surface area contributed by atoms with E-state index in [9.17, 15) is 4.39 Å². The van der Waals surface area contributed by atoms with Gasteiger partial charge in [-0.15, -0.1) is 0 Å². The molecule has 0 amide bonds. The summed E-state index contributed by atoms with van der Waals surface area (Å²) in [5.41, 5.74) is 2.88. The SMILES string of the molecule is CCc1nn(C)c(-c2ccc(F)cc2Br)c1Br. The van der Waals surface area contributed by atoms with Crippen molar-refractivity contribution in [2.45, 2.75) is 13.3 Å². The van der Waals surface area contributed by atoms with Crippen LogP contribution in [0.3, 0.4) is 0 Å². The molecule has 17 heavy (non-hydrogen) atoms. The molecule has 0 spiro atoms. The normalized spacial score (nSPS) is 10.9. The highest BCUT2D eigenvalue weighted by Crippen LogP contribution is 2.35. The van der Waals surface area contributed by atoms with Crippen LogP contribution in [0.15, 0.2) is 27.1 Å². The Kier molecular flexibility index (Phi) is 3.68. The van der Waals surface area contributed by atoms with Gasteiger partial charge in [0.15, 0.2) is 0 Å². The molecule has 0 radical (unpaired) electrons. The molecule has 0 aliphatic rings. The summed E-state index contributed by atoms with van der Waals surface area (Å²) in [6.45, 7) is 2.05. The highest BCUT2D eigenvalue weighted by molar-refractivity contribution is 9.11. The van der Waals surface area contributed by atoms with E-state index in [0.29, 0.717) is 0 Å². The Labute approximate surface area is 116 Å². The van der Waals surface area contributed by atoms with Gasteiger partial charge >= 0.3 is 0 Å². The van der Waals surface area contributed by atoms with Crippen LogP contribution < -0.4 is 0 Å². The van der Waals surface area contributed by atoms with Gasteiger partial charge in [-0.25, -0.2) is 4.39 Å². The summed E-state index contributed by atoms with van der Waals surface area (Å²) < 4.78 is 16.6. The zero-order chi connectivity index (χ0) is 12.6. The number of halogens is 3. The van der Waals surface area contributed by atoms with Crippen LogP contribution in [0.1, 0.15) is 12.6 Å². The lowest BCUT2D eigenvalue weighted by molar-refractivity contribution is 0.627. The van der Waals surface area contributed by atoms with Gasteiger partial charge in [0.1, 0.15) is 5.82 Å². The fraction of sp³-hybridized carbons (Fsp3) is 0.250. The van der Waals surface area contributed by atoms with Crippen LogP contribution in [0.25, 0.3) is 11.3 Å². The summed E-state index contributed by atoms with van der Waals surface area (Å²) in [6.07, 6.45) is 0.854. The smallest absolute Gasteiger partial charge is 0.124 e. The van der Waals surface area contributed by atoms with E-state index < -0.39 is 0 Å². The van der Waals surface area contributed by atoms with Crippen LogP contribution >= 0.6 is 31.9 Å². The molecule has 2 aromatic rings. The van der Waals surface area contributed by atoms with Gasteiger partial charge in [-0.2, -0.15) is 5.10 Å². The molecule has 0 saturated carbocycles. The number of nitrogens with zero attached hydrogens (tertiary/aromatic N) is 2. The van der Waals surface area contributed by atoms with E-state index in [4.69, 9.17) is 0 Å². The van der Waals surface area contributed by atoms with Crippen molar-refractivity contribution in [2.24, 2.45) is 7.05 Å². The Morgan fingerprint density at radius 3 is 2.59 bits per heavy atom. The average Bonchev–Trinajstić information content (AvgIpc) is 2.55. The van der Waals surface area contributed by atoms with Gasteiger partial charge in [-0.05, 0) is 56.5 Å². The molecule has 0 saturated heterocycles. The molecule has 1 aromatic carbocycles. The van der Waals surface area contributed by atoms with Crippen molar-refractivity contribution in [3.8, 4) is 11.3 Å². The third kappa shape index (κ3) is 2.31. The fourth-order valence-electron chi connectivity index (χ4n) is 1.75.